The molecule has 1 aromatic heterocycles. The number of nitrogens with zero attached hydrogens (tertiary/aromatic N) is 3. The molecule has 6 heteroatoms. The third kappa shape index (κ3) is 3.37. The first-order chi connectivity index (χ1) is 9.65. The van der Waals surface area contributed by atoms with Gasteiger partial charge >= 0.3 is 0 Å². The second-order valence-electron chi connectivity index (χ2n) is 4.91. The number of pyridine rings is 1. The Bertz CT molecular complexity index is 460. The van der Waals surface area contributed by atoms with Crippen molar-refractivity contribution in [3.05, 3.63) is 18.3 Å². The van der Waals surface area contributed by atoms with E-state index < -0.39 is 0 Å². The van der Waals surface area contributed by atoms with Crippen molar-refractivity contribution >= 4 is 22.9 Å². The molecule has 0 saturated carbocycles. The monoisotopic (exact) mass is 294 g/mol. The minimum Gasteiger partial charge on any atom is -0.481 e. The summed E-state index contributed by atoms with van der Waals surface area (Å²) < 4.78 is 5.17. The second-order valence-corrected chi connectivity index (χ2v) is 5.38. The number of hydrogen-bond donors (Lipinski definition) is 1. The molecule has 20 heavy (non-hydrogen) atoms. The van der Waals surface area contributed by atoms with Gasteiger partial charge in [-0.2, -0.15) is 0 Å². The molecule has 2 rings (SSSR count). The summed E-state index contributed by atoms with van der Waals surface area (Å²) in [6.45, 7) is 6.00. The molecule has 110 valence electrons. The first kappa shape index (κ1) is 15.0. The molecule has 2 N–H and O–H groups in total. The van der Waals surface area contributed by atoms with Crippen LogP contribution in [0.1, 0.15) is 13.3 Å². The fourth-order valence-corrected chi connectivity index (χ4v) is 2.95. The summed E-state index contributed by atoms with van der Waals surface area (Å²) in [6.07, 6.45) is 2.75. The lowest BCUT2D eigenvalue weighted by Gasteiger charge is -2.39. The lowest BCUT2D eigenvalue weighted by Crippen LogP contribution is -2.53. The fourth-order valence-electron chi connectivity index (χ4n) is 2.64. The Morgan fingerprint density at radius 2 is 2.15 bits per heavy atom. The Labute approximate surface area is 125 Å². The fraction of sp³-hybridized carbons (Fsp3) is 0.571. The molecule has 1 atom stereocenters. The van der Waals surface area contributed by atoms with Gasteiger partial charge in [0.2, 0.25) is 5.88 Å². The van der Waals surface area contributed by atoms with Crippen LogP contribution >= 0.6 is 12.2 Å². The quantitative estimate of drug-likeness (QED) is 0.826. The number of methoxy groups -OCH3 is 1. The van der Waals surface area contributed by atoms with Gasteiger partial charge in [0.25, 0.3) is 0 Å². The molecular weight excluding hydrogens is 272 g/mol. The van der Waals surface area contributed by atoms with Crippen LogP contribution in [0.4, 0.5) is 5.69 Å². The van der Waals surface area contributed by atoms with E-state index in [1.807, 2.05) is 12.1 Å². The predicted molar refractivity (Wildman–Crippen MR) is 85.4 cm³/mol. The minimum atomic E-state index is 0.221. The van der Waals surface area contributed by atoms with Crippen molar-refractivity contribution < 1.29 is 4.74 Å². The van der Waals surface area contributed by atoms with E-state index in [2.05, 4.69) is 21.7 Å². The van der Waals surface area contributed by atoms with Gasteiger partial charge in [-0.15, -0.1) is 0 Å². The zero-order valence-electron chi connectivity index (χ0n) is 12.1. The van der Waals surface area contributed by atoms with Crippen molar-refractivity contribution in [2.45, 2.75) is 19.4 Å². The van der Waals surface area contributed by atoms with Gasteiger partial charge in [-0.25, -0.2) is 4.98 Å². The van der Waals surface area contributed by atoms with Crippen LogP contribution < -0.4 is 15.4 Å². The molecule has 1 aliphatic heterocycles. The highest BCUT2D eigenvalue weighted by molar-refractivity contribution is 7.80. The molecule has 1 saturated heterocycles. The van der Waals surface area contributed by atoms with Crippen molar-refractivity contribution in [1.29, 1.82) is 0 Å². The number of aromatic nitrogens is 1. The zero-order valence-corrected chi connectivity index (χ0v) is 12.9. The number of ether oxygens (including phenoxy) is 1. The first-order valence-corrected chi connectivity index (χ1v) is 7.35. The molecule has 1 aromatic rings. The molecule has 0 radical (unpaired) electrons. The number of piperazine rings is 1. The summed E-state index contributed by atoms with van der Waals surface area (Å²) in [7, 11) is 1.64. The Hall–Kier alpha value is -1.40. The van der Waals surface area contributed by atoms with Crippen LogP contribution in [0.5, 0.6) is 5.88 Å². The van der Waals surface area contributed by atoms with Gasteiger partial charge in [0.15, 0.2) is 0 Å². The van der Waals surface area contributed by atoms with E-state index in [0.717, 1.165) is 38.3 Å². The average Bonchev–Trinajstić information content (AvgIpc) is 2.48. The summed E-state index contributed by atoms with van der Waals surface area (Å²) in [5, 5.41) is 0. The molecule has 1 unspecified atom stereocenters. The van der Waals surface area contributed by atoms with E-state index in [9.17, 15) is 0 Å². The third-order valence-corrected chi connectivity index (χ3v) is 4.03. The predicted octanol–water partition coefficient (Wildman–Crippen LogP) is 1.28. The molecule has 2 heterocycles. The van der Waals surface area contributed by atoms with Crippen LogP contribution in [0.25, 0.3) is 0 Å². The van der Waals surface area contributed by atoms with Crippen molar-refractivity contribution in [1.82, 2.24) is 9.88 Å². The van der Waals surface area contributed by atoms with E-state index >= 15 is 0 Å². The van der Waals surface area contributed by atoms with E-state index in [0.29, 0.717) is 10.9 Å². The molecule has 0 aliphatic carbocycles. The summed E-state index contributed by atoms with van der Waals surface area (Å²) in [5.41, 5.74) is 6.97. The van der Waals surface area contributed by atoms with Crippen molar-refractivity contribution in [2.24, 2.45) is 5.73 Å². The highest BCUT2D eigenvalue weighted by atomic mass is 32.1. The molecule has 0 aromatic carbocycles. The van der Waals surface area contributed by atoms with Crippen LogP contribution in [0, 0.1) is 0 Å². The molecule has 1 aliphatic rings. The maximum atomic E-state index is 5.81. The lowest BCUT2D eigenvalue weighted by molar-refractivity contribution is 0.224. The average molecular weight is 294 g/mol. The molecule has 0 spiro atoms. The minimum absolute atomic E-state index is 0.221. The molecule has 0 bridgehead atoms. The lowest BCUT2D eigenvalue weighted by atomic mass is 10.1. The summed E-state index contributed by atoms with van der Waals surface area (Å²) in [4.78, 5) is 9.46. The van der Waals surface area contributed by atoms with E-state index in [1.54, 1.807) is 13.3 Å². The van der Waals surface area contributed by atoms with Gasteiger partial charge in [-0.05, 0) is 12.5 Å². The van der Waals surface area contributed by atoms with Crippen LogP contribution in [-0.2, 0) is 0 Å². The Morgan fingerprint density at radius 1 is 1.45 bits per heavy atom. The molecule has 0 amide bonds. The van der Waals surface area contributed by atoms with Crippen LogP contribution in [-0.4, -0.2) is 54.2 Å². The standard InChI is InChI=1S/C14H22N4OS/c1-3-12(14(15)20)18-8-6-17(7-9-18)11-4-5-16-13(10-11)19-2/h4-5,10,12H,3,6-9H2,1-2H3,(H2,15,20). The number of anilines is 1. The Kier molecular flexibility index (Phi) is 5.14. The molecule has 5 nitrogen and oxygen atoms in total. The highest BCUT2D eigenvalue weighted by Gasteiger charge is 2.24. The second kappa shape index (κ2) is 6.85. The topological polar surface area (TPSA) is 54.6 Å². The summed E-state index contributed by atoms with van der Waals surface area (Å²) in [5.74, 6) is 0.652. The third-order valence-electron chi connectivity index (χ3n) is 3.76. The van der Waals surface area contributed by atoms with Crippen LogP contribution in [0.15, 0.2) is 18.3 Å². The van der Waals surface area contributed by atoms with Gasteiger partial charge in [-0.3, -0.25) is 4.90 Å². The van der Waals surface area contributed by atoms with Gasteiger partial charge in [0, 0.05) is 44.1 Å². The van der Waals surface area contributed by atoms with Crippen LogP contribution in [0.3, 0.4) is 0 Å². The number of nitrogens with two attached hydrogens (primary N) is 1. The SMILES string of the molecule is CCC(C(N)=S)N1CCN(c2ccnc(OC)c2)CC1. The normalized spacial score (nSPS) is 17.8. The maximum Gasteiger partial charge on any atom is 0.214 e. The Morgan fingerprint density at radius 3 is 2.70 bits per heavy atom. The highest BCUT2D eigenvalue weighted by Crippen LogP contribution is 2.21. The van der Waals surface area contributed by atoms with Crippen molar-refractivity contribution in [3.63, 3.8) is 0 Å². The largest absolute Gasteiger partial charge is 0.481 e. The summed E-state index contributed by atoms with van der Waals surface area (Å²) in [6, 6.07) is 4.21. The molecule has 1 fully saturated rings. The van der Waals surface area contributed by atoms with E-state index in [4.69, 9.17) is 22.7 Å². The van der Waals surface area contributed by atoms with Gasteiger partial charge in [-0.1, -0.05) is 19.1 Å². The van der Waals surface area contributed by atoms with E-state index in [1.165, 1.54) is 0 Å². The van der Waals surface area contributed by atoms with Gasteiger partial charge in [0.1, 0.15) is 0 Å². The zero-order chi connectivity index (χ0) is 14.5. The molecular formula is C14H22N4OS. The van der Waals surface area contributed by atoms with Gasteiger partial charge in [0.05, 0.1) is 18.1 Å². The number of rotatable bonds is 5. The number of hydrogen-bond acceptors (Lipinski definition) is 5. The first-order valence-electron chi connectivity index (χ1n) is 6.94. The number of thiocarbonyl (C=S) groups is 1. The summed E-state index contributed by atoms with van der Waals surface area (Å²) >= 11 is 5.15. The van der Waals surface area contributed by atoms with E-state index in [-0.39, 0.29) is 6.04 Å². The van der Waals surface area contributed by atoms with Crippen molar-refractivity contribution in [2.75, 3.05) is 38.2 Å². The Balaban J connectivity index is 1.98. The van der Waals surface area contributed by atoms with Gasteiger partial charge < -0.3 is 15.4 Å². The maximum absolute atomic E-state index is 5.81. The smallest absolute Gasteiger partial charge is 0.214 e. The van der Waals surface area contributed by atoms with Crippen molar-refractivity contribution in [3.8, 4) is 5.88 Å². The van der Waals surface area contributed by atoms with Crippen LogP contribution in [0.2, 0.25) is 0 Å².